The number of benzene rings is 1. The van der Waals surface area contributed by atoms with E-state index in [-0.39, 0.29) is 6.10 Å². The minimum Gasteiger partial charge on any atom is -0.493 e. The minimum atomic E-state index is 0.263. The number of nitrogens with zero attached hydrogens (tertiary/aromatic N) is 1. The SMILES string of the molecule is COc1ccc(CN=C=O)cc1OC1CSC1. The second-order valence-electron chi connectivity index (χ2n) is 3.67. The van der Waals surface area contributed by atoms with Gasteiger partial charge < -0.3 is 9.47 Å². The van der Waals surface area contributed by atoms with Crippen molar-refractivity contribution in [2.75, 3.05) is 18.6 Å². The molecule has 0 N–H and O–H groups in total. The largest absolute Gasteiger partial charge is 0.493 e. The van der Waals surface area contributed by atoms with E-state index >= 15 is 0 Å². The molecule has 0 atom stereocenters. The highest BCUT2D eigenvalue weighted by Crippen LogP contribution is 2.32. The van der Waals surface area contributed by atoms with Crippen LogP contribution in [0.1, 0.15) is 5.56 Å². The molecular formula is C12H13NO3S. The van der Waals surface area contributed by atoms with E-state index in [4.69, 9.17) is 9.47 Å². The maximum Gasteiger partial charge on any atom is 0.235 e. The van der Waals surface area contributed by atoms with Crippen LogP contribution in [0, 0.1) is 0 Å². The fraction of sp³-hybridized carbons (Fsp3) is 0.417. The van der Waals surface area contributed by atoms with Gasteiger partial charge in [-0.15, -0.1) is 0 Å². The van der Waals surface area contributed by atoms with E-state index in [0.717, 1.165) is 22.8 Å². The number of thioether (sulfide) groups is 1. The van der Waals surface area contributed by atoms with Gasteiger partial charge in [0.1, 0.15) is 6.10 Å². The van der Waals surface area contributed by atoms with Crippen LogP contribution in [0.5, 0.6) is 11.5 Å². The van der Waals surface area contributed by atoms with Gasteiger partial charge in [0.25, 0.3) is 0 Å². The minimum absolute atomic E-state index is 0.263. The molecule has 0 unspecified atom stereocenters. The van der Waals surface area contributed by atoms with Crippen molar-refractivity contribution >= 4 is 17.8 Å². The topological polar surface area (TPSA) is 47.9 Å². The van der Waals surface area contributed by atoms with Crippen LogP contribution < -0.4 is 9.47 Å². The van der Waals surface area contributed by atoms with Gasteiger partial charge >= 0.3 is 0 Å². The van der Waals surface area contributed by atoms with E-state index < -0.39 is 0 Å². The standard InChI is InChI=1S/C12H13NO3S/c1-15-11-3-2-9(5-13-8-14)4-12(11)16-10-6-17-7-10/h2-4,10H,5-7H2,1H3. The quantitative estimate of drug-likeness (QED) is 0.593. The molecule has 0 aliphatic carbocycles. The van der Waals surface area contributed by atoms with E-state index in [0.29, 0.717) is 12.3 Å². The highest BCUT2D eigenvalue weighted by Gasteiger charge is 2.21. The molecule has 2 rings (SSSR count). The smallest absolute Gasteiger partial charge is 0.235 e. The van der Waals surface area contributed by atoms with E-state index in [1.54, 1.807) is 7.11 Å². The van der Waals surface area contributed by atoms with Crippen LogP contribution in [0.2, 0.25) is 0 Å². The van der Waals surface area contributed by atoms with Gasteiger partial charge in [-0.05, 0) is 17.7 Å². The van der Waals surface area contributed by atoms with Crippen LogP contribution in [0.15, 0.2) is 23.2 Å². The maximum atomic E-state index is 10.1. The first-order chi connectivity index (χ1) is 8.33. The Kier molecular flexibility index (Phi) is 4.07. The van der Waals surface area contributed by atoms with Crippen LogP contribution in [-0.4, -0.2) is 30.8 Å². The van der Waals surface area contributed by atoms with Crippen molar-refractivity contribution in [2.45, 2.75) is 12.6 Å². The monoisotopic (exact) mass is 251 g/mol. The van der Waals surface area contributed by atoms with E-state index in [1.165, 1.54) is 6.08 Å². The highest BCUT2D eigenvalue weighted by molar-refractivity contribution is 8.00. The molecule has 0 bridgehead atoms. The van der Waals surface area contributed by atoms with Gasteiger partial charge in [-0.25, -0.2) is 9.79 Å². The summed E-state index contributed by atoms with van der Waals surface area (Å²) in [6.07, 6.45) is 1.79. The third-order valence-electron chi connectivity index (χ3n) is 2.46. The molecule has 0 amide bonds. The first-order valence-corrected chi connectivity index (χ1v) is 6.44. The van der Waals surface area contributed by atoms with Gasteiger partial charge in [-0.2, -0.15) is 11.8 Å². The number of hydrogen-bond donors (Lipinski definition) is 0. The molecule has 0 saturated carbocycles. The zero-order chi connectivity index (χ0) is 12.1. The molecule has 0 spiro atoms. The lowest BCUT2D eigenvalue weighted by Crippen LogP contribution is -2.31. The van der Waals surface area contributed by atoms with Crippen molar-refractivity contribution < 1.29 is 14.3 Å². The van der Waals surface area contributed by atoms with Crippen molar-refractivity contribution in [2.24, 2.45) is 4.99 Å². The van der Waals surface area contributed by atoms with Crippen LogP contribution in [-0.2, 0) is 11.3 Å². The van der Waals surface area contributed by atoms with Crippen LogP contribution >= 0.6 is 11.8 Å². The zero-order valence-corrected chi connectivity index (χ0v) is 10.3. The average Bonchev–Trinajstić information content (AvgIpc) is 2.31. The summed E-state index contributed by atoms with van der Waals surface area (Å²) < 4.78 is 11.0. The lowest BCUT2D eigenvalue weighted by atomic mass is 10.2. The van der Waals surface area contributed by atoms with Crippen LogP contribution in [0.3, 0.4) is 0 Å². The molecule has 4 nitrogen and oxygen atoms in total. The Morgan fingerprint density at radius 3 is 2.88 bits per heavy atom. The fourth-order valence-corrected chi connectivity index (χ4v) is 2.06. The van der Waals surface area contributed by atoms with Crippen LogP contribution in [0.4, 0.5) is 0 Å². The van der Waals surface area contributed by atoms with Crippen molar-refractivity contribution in [1.82, 2.24) is 0 Å². The molecule has 5 heteroatoms. The third kappa shape index (κ3) is 3.02. The van der Waals surface area contributed by atoms with E-state index in [9.17, 15) is 4.79 Å². The first kappa shape index (κ1) is 12.0. The van der Waals surface area contributed by atoms with Crippen LogP contribution in [0.25, 0.3) is 0 Å². The summed E-state index contributed by atoms with van der Waals surface area (Å²) in [4.78, 5) is 13.6. The summed E-state index contributed by atoms with van der Waals surface area (Å²) >= 11 is 1.86. The van der Waals surface area contributed by atoms with Gasteiger partial charge in [-0.1, -0.05) is 6.07 Å². The lowest BCUT2D eigenvalue weighted by molar-refractivity contribution is 0.228. The van der Waals surface area contributed by atoms with Gasteiger partial charge in [-0.3, -0.25) is 0 Å². The zero-order valence-electron chi connectivity index (χ0n) is 9.51. The number of hydrogen-bond acceptors (Lipinski definition) is 5. The Morgan fingerprint density at radius 1 is 1.47 bits per heavy atom. The lowest BCUT2D eigenvalue weighted by Gasteiger charge is -2.26. The molecule has 0 radical (unpaired) electrons. The Morgan fingerprint density at radius 2 is 2.29 bits per heavy atom. The van der Waals surface area contributed by atoms with Crippen molar-refractivity contribution in [3.8, 4) is 11.5 Å². The fourth-order valence-electron chi connectivity index (χ4n) is 1.50. The van der Waals surface area contributed by atoms with Crippen molar-refractivity contribution in [3.05, 3.63) is 23.8 Å². The summed E-state index contributed by atoms with van der Waals surface area (Å²) in [6.45, 7) is 0.323. The summed E-state index contributed by atoms with van der Waals surface area (Å²) in [6, 6.07) is 5.56. The Balaban J connectivity index is 2.15. The van der Waals surface area contributed by atoms with Gasteiger partial charge in [0.2, 0.25) is 6.08 Å². The molecule has 1 fully saturated rings. The summed E-state index contributed by atoms with van der Waals surface area (Å²) in [5, 5.41) is 0. The number of isocyanates is 1. The van der Waals surface area contributed by atoms with Crippen molar-refractivity contribution in [3.63, 3.8) is 0 Å². The maximum absolute atomic E-state index is 10.1. The normalized spacial score (nSPS) is 14.6. The molecule has 1 aromatic rings. The Hall–Kier alpha value is -1.45. The molecule has 1 saturated heterocycles. The Bertz CT molecular complexity index is 439. The molecular weight excluding hydrogens is 238 g/mol. The molecule has 90 valence electrons. The molecule has 0 aromatic heterocycles. The molecule has 17 heavy (non-hydrogen) atoms. The average molecular weight is 251 g/mol. The number of aliphatic imine (C=N–C) groups is 1. The van der Waals surface area contributed by atoms with Gasteiger partial charge in [0.05, 0.1) is 13.7 Å². The molecule has 1 heterocycles. The molecule has 1 aliphatic heterocycles. The number of ether oxygens (including phenoxy) is 2. The number of methoxy groups -OCH3 is 1. The second-order valence-corrected chi connectivity index (χ2v) is 4.74. The first-order valence-electron chi connectivity index (χ1n) is 5.28. The van der Waals surface area contributed by atoms with E-state index in [2.05, 4.69) is 4.99 Å². The second kappa shape index (κ2) is 5.75. The summed E-state index contributed by atoms with van der Waals surface area (Å²) in [5.41, 5.74) is 0.913. The predicted octanol–water partition coefficient (Wildman–Crippen LogP) is 2.03. The highest BCUT2D eigenvalue weighted by atomic mass is 32.2. The Labute approximate surface area is 104 Å². The molecule has 1 aromatic carbocycles. The van der Waals surface area contributed by atoms with Crippen molar-refractivity contribution in [1.29, 1.82) is 0 Å². The number of carbonyl (C=O) groups excluding carboxylic acids is 1. The number of rotatable bonds is 5. The summed E-state index contributed by atoms with van der Waals surface area (Å²) in [7, 11) is 1.61. The third-order valence-corrected chi connectivity index (χ3v) is 3.67. The summed E-state index contributed by atoms with van der Waals surface area (Å²) in [5.74, 6) is 3.46. The predicted molar refractivity (Wildman–Crippen MR) is 66.6 cm³/mol. The van der Waals surface area contributed by atoms with Gasteiger partial charge in [0, 0.05) is 11.5 Å². The molecule has 1 aliphatic rings. The van der Waals surface area contributed by atoms with Gasteiger partial charge in [0.15, 0.2) is 11.5 Å². The van der Waals surface area contributed by atoms with E-state index in [1.807, 2.05) is 30.0 Å².